The summed E-state index contributed by atoms with van der Waals surface area (Å²) in [5.41, 5.74) is 3.43. The molecule has 224 valence electrons. The van der Waals surface area contributed by atoms with Gasteiger partial charge in [-0.1, -0.05) is 61.4 Å². The van der Waals surface area contributed by atoms with Crippen molar-refractivity contribution in [1.29, 1.82) is 0 Å². The number of carbonyl (C=O) groups excluding carboxylic acids is 1. The number of aliphatic hydroxyl groups is 1. The molecule has 1 saturated heterocycles. The van der Waals surface area contributed by atoms with Gasteiger partial charge in [-0.05, 0) is 48.2 Å². The molecule has 0 aliphatic carbocycles. The Morgan fingerprint density at radius 3 is 2.29 bits per heavy atom. The van der Waals surface area contributed by atoms with E-state index in [1.807, 2.05) is 72.8 Å². The fourth-order valence-electron chi connectivity index (χ4n) is 4.81. The molecule has 0 saturated carbocycles. The van der Waals surface area contributed by atoms with Gasteiger partial charge in [0.25, 0.3) is 0 Å². The van der Waals surface area contributed by atoms with E-state index in [0.717, 1.165) is 52.4 Å². The number of carboxylic acid groups (broad SMARTS) is 1. The normalized spacial score (nSPS) is 18.4. The van der Waals surface area contributed by atoms with Crippen LogP contribution in [0, 0.1) is 0 Å². The number of unbranched alkanes of at least 4 members (excludes halogenated alkanes) is 3. The molecular weight excluding hydrogens is 554 g/mol. The molecule has 0 spiro atoms. The van der Waals surface area contributed by atoms with Crippen LogP contribution in [-0.4, -0.2) is 41.1 Å². The van der Waals surface area contributed by atoms with Gasteiger partial charge in [-0.2, -0.15) is 0 Å². The lowest BCUT2D eigenvalue weighted by atomic mass is 10.0. The maximum Gasteiger partial charge on any atom is 0.303 e. The van der Waals surface area contributed by atoms with Gasteiger partial charge in [-0.25, -0.2) is 0 Å². The average molecular weight is 594 g/mol. The fourth-order valence-corrected chi connectivity index (χ4v) is 5.85. The Kier molecular flexibility index (Phi) is 12.3. The molecule has 1 heterocycles. The van der Waals surface area contributed by atoms with Crippen LogP contribution in [0.5, 0.6) is 5.75 Å². The minimum absolute atomic E-state index is 0.00854. The van der Waals surface area contributed by atoms with E-state index in [-0.39, 0.29) is 31.1 Å². The quantitative estimate of drug-likeness (QED) is 0.129. The Balaban J connectivity index is 1.38. The third-order valence-electron chi connectivity index (χ3n) is 7.12. The Labute approximate surface area is 251 Å². The maximum absolute atomic E-state index is 12.4. The Bertz CT molecular complexity index is 1280. The van der Waals surface area contributed by atoms with Gasteiger partial charge in [0.05, 0.1) is 25.9 Å². The largest absolute Gasteiger partial charge is 0.496 e. The molecule has 1 aliphatic rings. The van der Waals surface area contributed by atoms with Crippen molar-refractivity contribution in [3.05, 3.63) is 89.5 Å². The van der Waals surface area contributed by atoms with Gasteiger partial charge in [0.1, 0.15) is 5.75 Å². The molecule has 9 heteroatoms. The smallest absolute Gasteiger partial charge is 0.303 e. The number of carboxylic acids is 1. The summed E-state index contributed by atoms with van der Waals surface area (Å²) in [6.45, 7) is -0.00854. The van der Waals surface area contributed by atoms with Gasteiger partial charge in [0.15, 0.2) is 6.29 Å². The minimum atomic E-state index is -0.783. The summed E-state index contributed by atoms with van der Waals surface area (Å²) in [4.78, 5) is 24.0. The number of nitrogens with one attached hydrogen (secondary N) is 1. The van der Waals surface area contributed by atoms with Crippen LogP contribution in [-0.2, 0) is 25.7 Å². The van der Waals surface area contributed by atoms with Crippen LogP contribution in [0.15, 0.2) is 77.7 Å². The van der Waals surface area contributed by atoms with E-state index in [0.29, 0.717) is 24.9 Å². The molecule has 4 rings (SSSR count). The van der Waals surface area contributed by atoms with Gasteiger partial charge >= 0.3 is 5.97 Å². The lowest BCUT2D eigenvalue weighted by Gasteiger charge is -2.36. The first-order valence-electron chi connectivity index (χ1n) is 14.3. The number of hydrogen-bond donors (Lipinski definition) is 3. The first-order valence-corrected chi connectivity index (χ1v) is 15.3. The van der Waals surface area contributed by atoms with Crippen molar-refractivity contribution in [3.8, 4) is 5.75 Å². The van der Waals surface area contributed by atoms with Crippen LogP contribution in [0.2, 0.25) is 0 Å². The average Bonchev–Trinajstić information content (AvgIpc) is 3.02. The molecule has 1 fully saturated rings. The Morgan fingerprint density at radius 2 is 1.60 bits per heavy atom. The molecule has 42 heavy (non-hydrogen) atoms. The predicted molar refractivity (Wildman–Crippen MR) is 163 cm³/mol. The van der Waals surface area contributed by atoms with Crippen LogP contribution in [0.3, 0.4) is 0 Å². The van der Waals surface area contributed by atoms with E-state index in [2.05, 4.69) is 5.32 Å². The summed E-state index contributed by atoms with van der Waals surface area (Å²) in [5.74, 6) is 0.703. The molecule has 1 amide bonds. The highest BCUT2D eigenvalue weighted by Gasteiger charge is 2.32. The van der Waals surface area contributed by atoms with Crippen molar-refractivity contribution in [2.24, 2.45) is 0 Å². The lowest BCUT2D eigenvalue weighted by Crippen LogP contribution is -2.31. The number of anilines is 1. The number of methoxy groups -OCH3 is 1. The maximum atomic E-state index is 12.4. The highest BCUT2D eigenvalue weighted by atomic mass is 32.2. The molecule has 3 atom stereocenters. The van der Waals surface area contributed by atoms with E-state index in [1.165, 1.54) is 0 Å². The van der Waals surface area contributed by atoms with Crippen molar-refractivity contribution in [3.63, 3.8) is 0 Å². The summed E-state index contributed by atoms with van der Waals surface area (Å²) in [6, 6.07) is 23.3. The summed E-state index contributed by atoms with van der Waals surface area (Å²) in [7, 11) is 1.67. The first kappa shape index (κ1) is 31.6. The van der Waals surface area contributed by atoms with Gasteiger partial charge in [0.2, 0.25) is 5.91 Å². The van der Waals surface area contributed by atoms with Crippen LogP contribution < -0.4 is 10.1 Å². The van der Waals surface area contributed by atoms with Crippen molar-refractivity contribution in [1.82, 2.24) is 0 Å². The molecule has 0 radical (unpaired) electrons. The van der Waals surface area contributed by atoms with E-state index >= 15 is 0 Å². The SMILES string of the molecule is COc1ccccc1SC[C@H]1C[C@@H](c2ccc(CO)cc2)O[C@@H](c2ccc(NC(=O)CCCCCCC(=O)O)cc2)O1. The number of aliphatic hydroxyl groups excluding tert-OH is 1. The Morgan fingerprint density at radius 1 is 0.905 bits per heavy atom. The number of thioether (sulfide) groups is 1. The van der Waals surface area contributed by atoms with E-state index in [4.69, 9.17) is 19.3 Å². The van der Waals surface area contributed by atoms with Gasteiger partial charge in [-0.15, -0.1) is 11.8 Å². The van der Waals surface area contributed by atoms with E-state index in [1.54, 1.807) is 18.9 Å². The third kappa shape index (κ3) is 9.59. The zero-order valence-corrected chi connectivity index (χ0v) is 24.7. The zero-order chi connectivity index (χ0) is 29.7. The molecule has 3 aromatic carbocycles. The fraction of sp³-hybridized carbons (Fsp3) is 0.394. The lowest BCUT2D eigenvalue weighted by molar-refractivity contribution is -0.245. The highest BCUT2D eigenvalue weighted by Crippen LogP contribution is 2.40. The number of para-hydroxylation sites is 1. The van der Waals surface area contributed by atoms with Crippen molar-refractivity contribution < 1.29 is 34.0 Å². The zero-order valence-electron chi connectivity index (χ0n) is 23.9. The van der Waals surface area contributed by atoms with Crippen molar-refractivity contribution >= 4 is 29.3 Å². The van der Waals surface area contributed by atoms with Crippen molar-refractivity contribution in [2.75, 3.05) is 18.2 Å². The molecule has 0 bridgehead atoms. The number of benzene rings is 3. The van der Waals surface area contributed by atoms with Crippen molar-refractivity contribution in [2.45, 2.75) is 74.9 Å². The summed E-state index contributed by atoms with van der Waals surface area (Å²) < 4.78 is 18.4. The summed E-state index contributed by atoms with van der Waals surface area (Å²) in [5, 5.41) is 21.1. The monoisotopic (exact) mass is 593 g/mol. The van der Waals surface area contributed by atoms with Crippen LogP contribution >= 0.6 is 11.8 Å². The second-order valence-corrected chi connectivity index (χ2v) is 11.4. The van der Waals surface area contributed by atoms with Crippen LogP contribution in [0.25, 0.3) is 0 Å². The Hall–Kier alpha value is -3.37. The first-order chi connectivity index (χ1) is 20.4. The third-order valence-corrected chi connectivity index (χ3v) is 8.31. The molecule has 8 nitrogen and oxygen atoms in total. The highest BCUT2D eigenvalue weighted by molar-refractivity contribution is 7.99. The molecule has 3 N–H and O–H groups in total. The van der Waals surface area contributed by atoms with Gasteiger partial charge in [-0.3, -0.25) is 9.59 Å². The minimum Gasteiger partial charge on any atom is -0.496 e. The molecule has 3 aromatic rings. The topological polar surface area (TPSA) is 114 Å². The van der Waals surface area contributed by atoms with Crippen LogP contribution in [0.4, 0.5) is 5.69 Å². The number of ether oxygens (including phenoxy) is 3. The van der Waals surface area contributed by atoms with E-state index in [9.17, 15) is 14.7 Å². The number of amides is 1. The van der Waals surface area contributed by atoms with Gasteiger partial charge < -0.3 is 29.7 Å². The number of hydrogen-bond acceptors (Lipinski definition) is 7. The molecule has 0 aromatic heterocycles. The number of carbonyl (C=O) groups is 2. The summed E-state index contributed by atoms with van der Waals surface area (Å²) in [6.07, 6.45) is 3.39. The molecule has 1 aliphatic heterocycles. The molecular formula is C33H39NO7S. The number of rotatable bonds is 15. The van der Waals surface area contributed by atoms with Crippen LogP contribution in [0.1, 0.15) is 74.0 Å². The van der Waals surface area contributed by atoms with Gasteiger partial charge in [0, 0.05) is 41.2 Å². The number of aliphatic carboxylic acids is 1. The van der Waals surface area contributed by atoms with E-state index < -0.39 is 12.3 Å². The standard InChI is InChI=1S/C33H39NO7S/c1-39-28-8-6-7-9-30(28)42-22-27-20-29(24-14-12-23(21-35)13-15-24)41-33(40-27)25-16-18-26(19-17-25)34-31(36)10-4-2-3-5-11-32(37)38/h6-9,12-19,27,29,33,35H,2-5,10-11,20-22H2,1H3,(H,34,36)(H,37,38)/t27-,29+,33+/m1/s1. The second-order valence-electron chi connectivity index (χ2n) is 10.3. The summed E-state index contributed by atoms with van der Waals surface area (Å²) >= 11 is 1.69. The molecule has 0 unspecified atom stereocenters. The second kappa shape index (κ2) is 16.3. The predicted octanol–water partition coefficient (Wildman–Crippen LogP) is 6.89.